The molecule has 0 aliphatic rings. The lowest BCUT2D eigenvalue weighted by molar-refractivity contribution is 0.102. The summed E-state index contributed by atoms with van der Waals surface area (Å²) in [6.45, 7) is 5.40. The summed E-state index contributed by atoms with van der Waals surface area (Å²) in [5.74, 6) is -0.444. The summed E-state index contributed by atoms with van der Waals surface area (Å²) in [5.41, 5.74) is 4.28. The van der Waals surface area contributed by atoms with Crippen LogP contribution in [0, 0.1) is 20.8 Å². The molecule has 0 bridgehead atoms. The maximum Gasteiger partial charge on any atom is 0.307 e. The molecule has 0 atom stereocenters. The summed E-state index contributed by atoms with van der Waals surface area (Å²) in [5, 5.41) is 2.78. The molecule has 0 radical (unpaired) electrons. The van der Waals surface area contributed by atoms with E-state index in [2.05, 4.69) is 10.0 Å². The third kappa shape index (κ3) is 4.55. The van der Waals surface area contributed by atoms with E-state index in [-0.39, 0.29) is 15.3 Å². The van der Waals surface area contributed by atoms with Crippen LogP contribution in [0.3, 0.4) is 0 Å². The quantitative estimate of drug-likeness (QED) is 0.436. The van der Waals surface area contributed by atoms with Gasteiger partial charge in [0.1, 0.15) is 0 Å². The molecule has 1 aromatic heterocycles. The van der Waals surface area contributed by atoms with Gasteiger partial charge in [-0.05, 0) is 73.9 Å². The molecule has 0 spiro atoms. The van der Waals surface area contributed by atoms with Crippen molar-refractivity contribution in [3.05, 3.63) is 86.5 Å². The number of sulfonamides is 1. The summed E-state index contributed by atoms with van der Waals surface area (Å²) >= 11 is 1.10. The van der Waals surface area contributed by atoms with Crippen molar-refractivity contribution >= 4 is 48.9 Å². The molecular formula is C24H23N3O4S2. The Balaban J connectivity index is 1.63. The third-order valence-corrected chi connectivity index (χ3v) is 7.93. The Kier molecular flexibility index (Phi) is 5.85. The maximum atomic E-state index is 13.1. The summed E-state index contributed by atoms with van der Waals surface area (Å²) in [6.07, 6.45) is 0. The minimum Gasteiger partial charge on any atom is -0.322 e. The largest absolute Gasteiger partial charge is 0.322 e. The number of thiazole rings is 1. The number of carbonyl (C=O) groups is 1. The van der Waals surface area contributed by atoms with Crippen LogP contribution in [0.5, 0.6) is 0 Å². The van der Waals surface area contributed by atoms with Crippen molar-refractivity contribution in [2.75, 3.05) is 10.0 Å². The van der Waals surface area contributed by atoms with E-state index in [4.69, 9.17) is 0 Å². The van der Waals surface area contributed by atoms with E-state index in [9.17, 15) is 18.0 Å². The number of carbonyl (C=O) groups excluding carboxylic acids is 1. The van der Waals surface area contributed by atoms with Crippen molar-refractivity contribution < 1.29 is 13.2 Å². The number of aryl methyl sites for hydroxylation is 4. The topological polar surface area (TPSA) is 97.3 Å². The molecule has 0 aliphatic carbocycles. The number of nitrogens with zero attached hydrogens (tertiary/aromatic N) is 1. The van der Waals surface area contributed by atoms with Crippen molar-refractivity contribution in [2.24, 2.45) is 7.05 Å². The van der Waals surface area contributed by atoms with Crippen molar-refractivity contribution in [1.82, 2.24) is 4.57 Å². The molecule has 0 saturated carbocycles. The minimum absolute atomic E-state index is 0.0350. The lowest BCUT2D eigenvalue weighted by Crippen LogP contribution is -2.17. The second-order valence-corrected chi connectivity index (χ2v) is 10.6. The fourth-order valence-corrected chi connectivity index (χ4v) is 5.80. The number of nitrogens with one attached hydrogen (secondary N) is 2. The first kappa shape index (κ1) is 22.8. The first-order chi connectivity index (χ1) is 15.5. The van der Waals surface area contributed by atoms with Crippen LogP contribution in [-0.2, 0) is 17.1 Å². The standard InChI is InChI=1S/C24H23N3O4S2/c1-14-5-6-15(2)19(11-14)26-33(30,31)22-12-17(8-7-16(22)3)23(28)25-18-9-10-20-21(13-18)32-24(29)27(20)4/h5-13,26H,1-4H3,(H,25,28). The van der Waals surface area contributed by atoms with Gasteiger partial charge in [0, 0.05) is 18.3 Å². The predicted octanol–water partition coefficient (Wildman–Crippen LogP) is 4.58. The lowest BCUT2D eigenvalue weighted by Gasteiger charge is -2.14. The fraction of sp³-hybridized carbons (Fsp3) is 0.167. The highest BCUT2D eigenvalue weighted by molar-refractivity contribution is 7.92. The first-order valence-electron chi connectivity index (χ1n) is 10.2. The van der Waals surface area contributed by atoms with E-state index < -0.39 is 15.9 Å². The van der Waals surface area contributed by atoms with Crippen LogP contribution in [0.25, 0.3) is 10.2 Å². The monoisotopic (exact) mass is 481 g/mol. The van der Waals surface area contributed by atoms with Gasteiger partial charge in [0.05, 0.1) is 20.8 Å². The van der Waals surface area contributed by atoms with Gasteiger partial charge in [-0.2, -0.15) is 0 Å². The fourth-order valence-electron chi connectivity index (χ4n) is 3.49. The van der Waals surface area contributed by atoms with Crippen LogP contribution >= 0.6 is 11.3 Å². The smallest absolute Gasteiger partial charge is 0.307 e. The molecular weight excluding hydrogens is 458 g/mol. The van der Waals surface area contributed by atoms with Gasteiger partial charge in [0.25, 0.3) is 15.9 Å². The number of rotatable bonds is 5. The molecule has 0 aliphatic heterocycles. The zero-order valence-electron chi connectivity index (χ0n) is 18.6. The molecule has 4 rings (SSSR count). The maximum absolute atomic E-state index is 13.1. The van der Waals surface area contributed by atoms with E-state index in [0.717, 1.165) is 32.7 Å². The third-order valence-electron chi connectivity index (χ3n) is 5.43. The van der Waals surface area contributed by atoms with Crippen molar-refractivity contribution in [3.63, 3.8) is 0 Å². The number of hydrogen-bond donors (Lipinski definition) is 2. The first-order valence-corrected chi connectivity index (χ1v) is 12.5. The number of fused-ring (bicyclic) bond motifs is 1. The summed E-state index contributed by atoms with van der Waals surface area (Å²) < 4.78 is 31.2. The van der Waals surface area contributed by atoms with Gasteiger partial charge in [0.15, 0.2) is 0 Å². The lowest BCUT2D eigenvalue weighted by atomic mass is 10.1. The molecule has 0 fully saturated rings. The Labute approximate surface area is 195 Å². The molecule has 7 nitrogen and oxygen atoms in total. The molecule has 33 heavy (non-hydrogen) atoms. The Morgan fingerprint density at radius 3 is 2.42 bits per heavy atom. The van der Waals surface area contributed by atoms with Crippen LogP contribution in [-0.4, -0.2) is 18.9 Å². The highest BCUT2D eigenvalue weighted by Gasteiger charge is 2.20. The molecule has 1 heterocycles. The van der Waals surface area contributed by atoms with Crippen molar-refractivity contribution in [2.45, 2.75) is 25.7 Å². The van der Waals surface area contributed by atoms with Crippen LogP contribution < -0.4 is 14.9 Å². The van der Waals surface area contributed by atoms with Crippen LogP contribution in [0.1, 0.15) is 27.0 Å². The number of anilines is 2. The number of benzene rings is 3. The Bertz CT molecular complexity index is 1570. The summed E-state index contributed by atoms with van der Waals surface area (Å²) in [6, 6.07) is 15.3. The highest BCUT2D eigenvalue weighted by atomic mass is 32.2. The predicted molar refractivity (Wildman–Crippen MR) is 133 cm³/mol. The van der Waals surface area contributed by atoms with E-state index >= 15 is 0 Å². The molecule has 0 saturated heterocycles. The van der Waals surface area contributed by atoms with Crippen LogP contribution in [0.15, 0.2) is 64.3 Å². The van der Waals surface area contributed by atoms with Gasteiger partial charge in [-0.3, -0.25) is 14.3 Å². The Morgan fingerprint density at radius 1 is 0.939 bits per heavy atom. The van der Waals surface area contributed by atoms with E-state index in [1.54, 1.807) is 54.9 Å². The van der Waals surface area contributed by atoms with E-state index in [0.29, 0.717) is 16.9 Å². The van der Waals surface area contributed by atoms with Crippen LogP contribution in [0.4, 0.5) is 11.4 Å². The number of amides is 1. The van der Waals surface area contributed by atoms with Gasteiger partial charge >= 0.3 is 4.87 Å². The van der Waals surface area contributed by atoms with Crippen molar-refractivity contribution in [3.8, 4) is 0 Å². The summed E-state index contributed by atoms with van der Waals surface area (Å²) in [4.78, 5) is 24.7. The Hall–Kier alpha value is -3.43. The summed E-state index contributed by atoms with van der Waals surface area (Å²) in [7, 11) is -2.21. The molecule has 170 valence electrons. The van der Waals surface area contributed by atoms with Gasteiger partial charge in [-0.25, -0.2) is 8.42 Å². The zero-order chi connectivity index (χ0) is 23.9. The molecule has 1 amide bonds. The highest BCUT2D eigenvalue weighted by Crippen LogP contribution is 2.25. The van der Waals surface area contributed by atoms with Gasteiger partial charge in [0.2, 0.25) is 0 Å². The van der Waals surface area contributed by atoms with Gasteiger partial charge in [-0.1, -0.05) is 29.5 Å². The Morgan fingerprint density at radius 2 is 1.67 bits per heavy atom. The molecule has 3 aromatic carbocycles. The van der Waals surface area contributed by atoms with Gasteiger partial charge < -0.3 is 9.88 Å². The second kappa shape index (κ2) is 8.49. The van der Waals surface area contributed by atoms with E-state index in [1.807, 2.05) is 26.0 Å². The molecule has 4 aromatic rings. The number of hydrogen-bond acceptors (Lipinski definition) is 5. The average molecular weight is 482 g/mol. The van der Waals surface area contributed by atoms with E-state index in [1.165, 1.54) is 6.07 Å². The number of aromatic nitrogens is 1. The second-order valence-electron chi connectivity index (χ2n) is 7.97. The molecule has 9 heteroatoms. The SMILES string of the molecule is Cc1ccc(C)c(NS(=O)(=O)c2cc(C(=O)Nc3ccc4c(c3)sc(=O)n4C)ccc2C)c1. The van der Waals surface area contributed by atoms with Crippen LogP contribution in [0.2, 0.25) is 0 Å². The van der Waals surface area contributed by atoms with Crippen molar-refractivity contribution in [1.29, 1.82) is 0 Å². The zero-order valence-corrected chi connectivity index (χ0v) is 20.2. The average Bonchev–Trinajstić information content (AvgIpc) is 3.03. The molecule has 2 N–H and O–H groups in total. The normalized spacial score (nSPS) is 11.5. The van der Waals surface area contributed by atoms with Gasteiger partial charge in [-0.15, -0.1) is 0 Å². The minimum atomic E-state index is -3.91. The molecule has 0 unspecified atom stereocenters.